The zero-order valence-electron chi connectivity index (χ0n) is 7.95. The predicted molar refractivity (Wildman–Crippen MR) is 60.0 cm³/mol. The molecule has 1 atom stereocenters. The third-order valence-corrected chi connectivity index (χ3v) is 3.69. The van der Waals surface area contributed by atoms with Crippen LogP contribution in [0.2, 0.25) is 5.02 Å². The molecule has 1 aromatic rings. The van der Waals surface area contributed by atoms with Crippen LogP contribution in [0.3, 0.4) is 0 Å². The van der Waals surface area contributed by atoms with Crippen molar-refractivity contribution in [3.8, 4) is 0 Å². The second kappa shape index (κ2) is 4.24. The molecule has 0 aliphatic rings. The first-order valence-corrected chi connectivity index (χ1v) is 5.65. The van der Waals surface area contributed by atoms with Gasteiger partial charge in [0.15, 0.2) is 0 Å². The Morgan fingerprint density at radius 2 is 1.93 bits per heavy atom. The molecule has 0 bridgehead atoms. The van der Waals surface area contributed by atoms with Gasteiger partial charge in [-0.25, -0.2) is 0 Å². The van der Waals surface area contributed by atoms with Crippen LogP contribution in [0.25, 0.3) is 0 Å². The molecule has 1 unspecified atom stereocenters. The molecular weight excluding hydrogens is 220 g/mol. The number of hydrogen-bond acceptors (Lipinski definition) is 2. The average Bonchev–Trinajstić information content (AvgIpc) is 2.17. The van der Waals surface area contributed by atoms with Crippen molar-refractivity contribution in [2.45, 2.75) is 11.7 Å². The summed E-state index contributed by atoms with van der Waals surface area (Å²) in [4.78, 5) is 11.1. The van der Waals surface area contributed by atoms with Crippen molar-refractivity contribution < 1.29 is 9.90 Å². The molecule has 1 rings (SSSR count). The SMILES string of the molecule is CSC(C)(C(=O)O)c1ccc(Cl)cc1. The minimum Gasteiger partial charge on any atom is -0.480 e. The first-order valence-electron chi connectivity index (χ1n) is 4.05. The van der Waals surface area contributed by atoms with E-state index >= 15 is 0 Å². The summed E-state index contributed by atoms with van der Waals surface area (Å²) in [5.74, 6) is -0.840. The summed E-state index contributed by atoms with van der Waals surface area (Å²) >= 11 is 7.03. The number of carboxylic acids is 1. The topological polar surface area (TPSA) is 37.3 Å². The third kappa shape index (κ3) is 2.04. The molecule has 0 saturated carbocycles. The summed E-state index contributed by atoms with van der Waals surface area (Å²) in [7, 11) is 0. The number of carbonyl (C=O) groups is 1. The van der Waals surface area contributed by atoms with Gasteiger partial charge in [0.05, 0.1) is 0 Å². The van der Waals surface area contributed by atoms with Gasteiger partial charge >= 0.3 is 5.97 Å². The summed E-state index contributed by atoms with van der Waals surface area (Å²) < 4.78 is -0.898. The molecule has 1 aromatic carbocycles. The molecular formula is C10H11ClO2S. The Morgan fingerprint density at radius 3 is 2.29 bits per heavy atom. The van der Waals surface area contributed by atoms with Crippen molar-refractivity contribution >= 4 is 29.3 Å². The Balaban J connectivity index is 3.13. The Kier molecular flexibility index (Phi) is 3.45. The minimum absolute atomic E-state index is 0.614. The standard InChI is InChI=1S/C10H11ClO2S/c1-10(14-2,9(12)13)7-3-5-8(11)6-4-7/h3-6H,1-2H3,(H,12,13). The van der Waals surface area contributed by atoms with Crippen molar-refractivity contribution in [3.63, 3.8) is 0 Å². The van der Waals surface area contributed by atoms with E-state index < -0.39 is 10.7 Å². The Hall–Kier alpha value is -0.670. The van der Waals surface area contributed by atoms with Crippen molar-refractivity contribution in [1.82, 2.24) is 0 Å². The van der Waals surface area contributed by atoms with E-state index in [1.807, 2.05) is 0 Å². The fourth-order valence-corrected chi connectivity index (χ4v) is 1.77. The molecule has 1 N–H and O–H groups in total. The normalized spacial score (nSPS) is 14.8. The predicted octanol–water partition coefficient (Wildman–Crippen LogP) is 3.00. The minimum atomic E-state index is -0.898. The van der Waals surface area contributed by atoms with Crippen molar-refractivity contribution in [1.29, 1.82) is 0 Å². The maximum Gasteiger partial charge on any atom is 0.324 e. The van der Waals surface area contributed by atoms with Crippen molar-refractivity contribution in [2.75, 3.05) is 6.26 Å². The van der Waals surface area contributed by atoms with E-state index in [4.69, 9.17) is 16.7 Å². The molecule has 0 aliphatic carbocycles. The number of carboxylic acid groups (broad SMARTS) is 1. The lowest BCUT2D eigenvalue weighted by molar-refractivity contribution is -0.139. The molecule has 14 heavy (non-hydrogen) atoms. The second-order valence-corrected chi connectivity index (χ2v) is 4.71. The van der Waals surface area contributed by atoms with Gasteiger partial charge in [-0.2, -0.15) is 0 Å². The molecule has 76 valence electrons. The van der Waals surface area contributed by atoms with E-state index in [-0.39, 0.29) is 0 Å². The largest absolute Gasteiger partial charge is 0.480 e. The van der Waals surface area contributed by atoms with Gasteiger partial charge in [0.2, 0.25) is 0 Å². The van der Waals surface area contributed by atoms with Gasteiger partial charge in [-0.15, -0.1) is 11.8 Å². The molecule has 0 fully saturated rings. The van der Waals surface area contributed by atoms with E-state index in [1.54, 1.807) is 37.4 Å². The van der Waals surface area contributed by atoms with Crippen molar-refractivity contribution in [3.05, 3.63) is 34.9 Å². The van der Waals surface area contributed by atoms with Crippen LogP contribution in [-0.2, 0) is 9.54 Å². The lowest BCUT2D eigenvalue weighted by atomic mass is 10.0. The van der Waals surface area contributed by atoms with Crippen LogP contribution in [0.15, 0.2) is 24.3 Å². The van der Waals surface area contributed by atoms with Crippen LogP contribution < -0.4 is 0 Å². The van der Waals surface area contributed by atoms with Gasteiger partial charge in [-0.1, -0.05) is 23.7 Å². The molecule has 0 radical (unpaired) electrons. The molecule has 0 aromatic heterocycles. The second-order valence-electron chi connectivity index (χ2n) is 3.05. The smallest absolute Gasteiger partial charge is 0.324 e. The quantitative estimate of drug-likeness (QED) is 0.868. The highest BCUT2D eigenvalue weighted by atomic mass is 35.5. The lowest BCUT2D eigenvalue weighted by Gasteiger charge is -2.22. The van der Waals surface area contributed by atoms with E-state index in [1.165, 1.54) is 11.8 Å². The fourth-order valence-electron chi connectivity index (χ4n) is 1.10. The molecule has 0 saturated heterocycles. The molecule has 0 aliphatic heterocycles. The monoisotopic (exact) mass is 230 g/mol. The van der Waals surface area contributed by atoms with Crippen LogP contribution >= 0.6 is 23.4 Å². The number of hydrogen-bond donors (Lipinski definition) is 1. The molecule has 0 amide bonds. The van der Waals surface area contributed by atoms with Gasteiger partial charge in [-0.05, 0) is 30.9 Å². The van der Waals surface area contributed by atoms with E-state index in [2.05, 4.69) is 0 Å². The number of rotatable bonds is 3. The zero-order valence-corrected chi connectivity index (χ0v) is 9.52. The Morgan fingerprint density at radius 1 is 1.43 bits per heavy atom. The van der Waals surface area contributed by atoms with Gasteiger partial charge in [0.1, 0.15) is 4.75 Å². The third-order valence-electron chi connectivity index (χ3n) is 2.21. The zero-order chi connectivity index (χ0) is 10.8. The van der Waals surface area contributed by atoms with Crippen LogP contribution in [0.1, 0.15) is 12.5 Å². The number of thioether (sulfide) groups is 1. The highest BCUT2D eigenvalue weighted by Gasteiger charge is 2.33. The van der Waals surface area contributed by atoms with E-state index in [0.717, 1.165) is 5.56 Å². The van der Waals surface area contributed by atoms with Gasteiger partial charge < -0.3 is 5.11 Å². The van der Waals surface area contributed by atoms with Gasteiger partial charge in [0.25, 0.3) is 0 Å². The number of benzene rings is 1. The molecule has 0 spiro atoms. The van der Waals surface area contributed by atoms with Gasteiger partial charge in [0, 0.05) is 5.02 Å². The summed E-state index contributed by atoms with van der Waals surface area (Å²) in [6, 6.07) is 6.89. The van der Waals surface area contributed by atoms with Gasteiger partial charge in [-0.3, -0.25) is 4.79 Å². The average molecular weight is 231 g/mol. The maximum atomic E-state index is 11.1. The maximum absolute atomic E-state index is 11.1. The number of aliphatic carboxylic acids is 1. The first-order chi connectivity index (χ1) is 6.50. The number of halogens is 1. The lowest BCUT2D eigenvalue weighted by Crippen LogP contribution is -2.28. The summed E-state index contributed by atoms with van der Waals surface area (Å²) in [5, 5.41) is 9.71. The molecule has 0 heterocycles. The highest BCUT2D eigenvalue weighted by Crippen LogP contribution is 2.34. The van der Waals surface area contributed by atoms with E-state index in [0.29, 0.717) is 5.02 Å². The van der Waals surface area contributed by atoms with Crippen LogP contribution in [-0.4, -0.2) is 17.3 Å². The summed E-state index contributed by atoms with van der Waals surface area (Å²) in [6.07, 6.45) is 1.78. The Labute approximate surface area is 92.3 Å². The molecule has 2 nitrogen and oxygen atoms in total. The summed E-state index contributed by atoms with van der Waals surface area (Å²) in [6.45, 7) is 1.68. The molecule has 4 heteroatoms. The van der Waals surface area contributed by atoms with E-state index in [9.17, 15) is 4.79 Å². The Bertz CT molecular complexity index is 336. The van der Waals surface area contributed by atoms with Crippen LogP contribution in [0, 0.1) is 0 Å². The highest BCUT2D eigenvalue weighted by molar-refractivity contribution is 8.00. The van der Waals surface area contributed by atoms with Crippen LogP contribution in [0.4, 0.5) is 0 Å². The fraction of sp³-hybridized carbons (Fsp3) is 0.300. The first kappa shape index (κ1) is 11.4. The van der Waals surface area contributed by atoms with Crippen LogP contribution in [0.5, 0.6) is 0 Å². The summed E-state index contributed by atoms with van der Waals surface area (Å²) in [5.41, 5.74) is 0.752. The van der Waals surface area contributed by atoms with Crippen molar-refractivity contribution in [2.24, 2.45) is 0 Å².